The van der Waals surface area contributed by atoms with Gasteiger partial charge in [0.15, 0.2) is 5.52 Å². The van der Waals surface area contributed by atoms with Gasteiger partial charge in [0.25, 0.3) is 5.56 Å². The van der Waals surface area contributed by atoms with E-state index in [-0.39, 0.29) is 16.4 Å². The summed E-state index contributed by atoms with van der Waals surface area (Å²) >= 11 is 5.71. The summed E-state index contributed by atoms with van der Waals surface area (Å²) in [7, 11) is 1.62. The van der Waals surface area contributed by atoms with E-state index in [1.165, 1.54) is 0 Å². The normalized spacial score (nSPS) is 10.9. The molecule has 0 amide bonds. The van der Waals surface area contributed by atoms with Crippen LogP contribution in [0.1, 0.15) is 5.56 Å². The summed E-state index contributed by atoms with van der Waals surface area (Å²) in [6, 6.07) is 7.63. The first-order chi connectivity index (χ1) is 9.65. The molecule has 0 bridgehead atoms. The molecule has 0 aliphatic heterocycles. The molecule has 2 heterocycles. The SMILES string of the molecule is COc1ccc(Cn2cc3nc(Cl)[nH]c(=O)c3n2)cc1. The highest BCUT2D eigenvalue weighted by Gasteiger charge is 2.08. The minimum absolute atomic E-state index is 0.0616. The Labute approximate surface area is 119 Å². The van der Waals surface area contributed by atoms with Crippen LogP contribution in [0.2, 0.25) is 5.28 Å². The van der Waals surface area contributed by atoms with E-state index in [9.17, 15) is 4.79 Å². The van der Waals surface area contributed by atoms with Crippen molar-refractivity contribution in [2.24, 2.45) is 0 Å². The van der Waals surface area contributed by atoms with Crippen molar-refractivity contribution in [3.05, 3.63) is 51.7 Å². The van der Waals surface area contributed by atoms with Crippen LogP contribution in [0, 0.1) is 0 Å². The lowest BCUT2D eigenvalue weighted by Crippen LogP contribution is -2.08. The van der Waals surface area contributed by atoms with Crippen molar-refractivity contribution in [2.75, 3.05) is 7.11 Å². The lowest BCUT2D eigenvalue weighted by atomic mass is 10.2. The first-order valence-corrected chi connectivity index (χ1v) is 6.29. The predicted molar refractivity (Wildman–Crippen MR) is 75.3 cm³/mol. The molecule has 20 heavy (non-hydrogen) atoms. The molecule has 1 aromatic carbocycles. The van der Waals surface area contributed by atoms with E-state index in [1.807, 2.05) is 24.3 Å². The number of aromatic nitrogens is 4. The van der Waals surface area contributed by atoms with Crippen molar-refractivity contribution in [1.29, 1.82) is 0 Å². The second-order valence-electron chi connectivity index (χ2n) is 4.27. The number of hydrogen-bond acceptors (Lipinski definition) is 4. The number of aromatic amines is 1. The third-order valence-electron chi connectivity index (χ3n) is 2.90. The van der Waals surface area contributed by atoms with Gasteiger partial charge in [-0.25, -0.2) is 4.98 Å². The quantitative estimate of drug-likeness (QED) is 0.747. The van der Waals surface area contributed by atoms with Crippen LogP contribution in [0.4, 0.5) is 0 Å². The molecular weight excluding hydrogens is 280 g/mol. The zero-order valence-corrected chi connectivity index (χ0v) is 11.4. The smallest absolute Gasteiger partial charge is 0.280 e. The topological polar surface area (TPSA) is 72.8 Å². The van der Waals surface area contributed by atoms with E-state index in [2.05, 4.69) is 15.1 Å². The fraction of sp³-hybridized carbons (Fsp3) is 0.154. The van der Waals surface area contributed by atoms with Crippen LogP contribution < -0.4 is 10.3 Å². The molecule has 0 atom stereocenters. The minimum atomic E-state index is -0.339. The number of nitrogens with one attached hydrogen (secondary N) is 1. The van der Waals surface area contributed by atoms with Gasteiger partial charge in [-0.3, -0.25) is 14.5 Å². The van der Waals surface area contributed by atoms with Crippen molar-refractivity contribution in [3.8, 4) is 5.75 Å². The van der Waals surface area contributed by atoms with Crippen LogP contribution in [-0.2, 0) is 6.54 Å². The fourth-order valence-electron chi connectivity index (χ4n) is 1.94. The Hall–Kier alpha value is -2.34. The molecule has 0 spiro atoms. The van der Waals surface area contributed by atoms with E-state index < -0.39 is 0 Å². The van der Waals surface area contributed by atoms with E-state index in [4.69, 9.17) is 16.3 Å². The maximum Gasteiger partial charge on any atom is 0.280 e. The van der Waals surface area contributed by atoms with Crippen LogP contribution in [0.3, 0.4) is 0 Å². The first kappa shape index (κ1) is 12.7. The van der Waals surface area contributed by atoms with Gasteiger partial charge in [0.1, 0.15) is 11.3 Å². The molecule has 0 aliphatic rings. The van der Waals surface area contributed by atoms with Gasteiger partial charge in [-0.15, -0.1) is 0 Å². The van der Waals surface area contributed by atoms with Crippen LogP contribution in [-0.4, -0.2) is 26.9 Å². The van der Waals surface area contributed by atoms with Gasteiger partial charge >= 0.3 is 0 Å². The predicted octanol–water partition coefficient (Wildman–Crippen LogP) is 1.83. The molecule has 0 saturated heterocycles. The standard InChI is InChI=1S/C13H11ClN4O2/c1-20-9-4-2-8(3-5-9)6-18-7-10-11(17-18)12(19)16-13(14)15-10/h2-5,7H,6H2,1H3,(H,15,16,19). The third kappa shape index (κ3) is 2.37. The number of H-pyrrole nitrogens is 1. The molecule has 102 valence electrons. The van der Waals surface area contributed by atoms with Crippen molar-refractivity contribution >= 4 is 22.6 Å². The number of methoxy groups -OCH3 is 1. The summed E-state index contributed by atoms with van der Waals surface area (Å²) in [4.78, 5) is 18.1. The summed E-state index contributed by atoms with van der Waals surface area (Å²) in [6.07, 6.45) is 1.70. The van der Waals surface area contributed by atoms with Gasteiger partial charge < -0.3 is 4.74 Å². The summed E-state index contributed by atoms with van der Waals surface area (Å²) in [6.45, 7) is 0.539. The molecule has 6 nitrogen and oxygen atoms in total. The Kier molecular flexibility index (Phi) is 3.15. The van der Waals surface area contributed by atoms with Crippen molar-refractivity contribution in [3.63, 3.8) is 0 Å². The lowest BCUT2D eigenvalue weighted by molar-refractivity contribution is 0.414. The molecular formula is C13H11ClN4O2. The summed E-state index contributed by atoms with van der Waals surface area (Å²) in [5.41, 5.74) is 1.46. The summed E-state index contributed by atoms with van der Waals surface area (Å²) in [5, 5.41) is 4.27. The van der Waals surface area contributed by atoms with Crippen molar-refractivity contribution in [2.45, 2.75) is 6.54 Å². The maximum atomic E-state index is 11.7. The molecule has 0 unspecified atom stereocenters. The highest BCUT2D eigenvalue weighted by molar-refractivity contribution is 6.28. The second-order valence-corrected chi connectivity index (χ2v) is 4.62. The molecule has 2 aromatic heterocycles. The monoisotopic (exact) mass is 290 g/mol. The fourth-order valence-corrected chi connectivity index (χ4v) is 2.12. The highest BCUT2D eigenvalue weighted by Crippen LogP contribution is 2.13. The zero-order chi connectivity index (χ0) is 14.1. The Balaban J connectivity index is 1.94. The molecule has 0 radical (unpaired) electrons. The molecule has 3 aromatic rings. The number of fused-ring (bicyclic) bond motifs is 1. The Morgan fingerprint density at radius 3 is 2.80 bits per heavy atom. The summed E-state index contributed by atoms with van der Waals surface area (Å²) in [5.74, 6) is 0.796. The van der Waals surface area contributed by atoms with Gasteiger partial charge in [0.2, 0.25) is 5.28 Å². The summed E-state index contributed by atoms with van der Waals surface area (Å²) < 4.78 is 6.76. The van der Waals surface area contributed by atoms with Crippen LogP contribution in [0.25, 0.3) is 11.0 Å². The largest absolute Gasteiger partial charge is 0.497 e. The van der Waals surface area contributed by atoms with Crippen LogP contribution in [0.5, 0.6) is 5.75 Å². The zero-order valence-electron chi connectivity index (χ0n) is 10.6. The van der Waals surface area contributed by atoms with Crippen LogP contribution in [0.15, 0.2) is 35.3 Å². The molecule has 7 heteroatoms. The Morgan fingerprint density at radius 1 is 1.35 bits per heavy atom. The molecule has 0 saturated carbocycles. The number of hydrogen-bond donors (Lipinski definition) is 1. The van der Waals surface area contributed by atoms with Crippen LogP contribution >= 0.6 is 11.6 Å². The second kappa shape index (κ2) is 4.97. The number of rotatable bonds is 3. The van der Waals surface area contributed by atoms with Crippen molar-refractivity contribution < 1.29 is 4.74 Å². The Morgan fingerprint density at radius 2 is 2.10 bits per heavy atom. The first-order valence-electron chi connectivity index (χ1n) is 5.91. The average Bonchev–Trinajstić information content (AvgIpc) is 2.82. The van der Waals surface area contributed by atoms with Gasteiger partial charge in [-0.2, -0.15) is 5.10 Å². The van der Waals surface area contributed by atoms with E-state index in [1.54, 1.807) is 18.0 Å². The van der Waals surface area contributed by atoms with Gasteiger partial charge in [0, 0.05) is 0 Å². The number of halogens is 1. The number of ether oxygens (including phenoxy) is 1. The third-order valence-corrected chi connectivity index (χ3v) is 3.08. The lowest BCUT2D eigenvalue weighted by Gasteiger charge is -2.03. The highest BCUT2D eigenvalue weighted by atomic mass is 35.5. The molecule has 0 fully saturated rings. The van der Waals surface area contributed by atoms with Crippen molar-refractivity contribution in [1.82, 2.24) is 19.7 Å². The molecule has 1 N–H and O–H groups in total. The minimum Gasteiger partial charge on any atom is -0.497 e. The van der Waals surface area contributed by atoms with E-state index >= 15 is 0 Å². The Bertz CT molecular complexity index is 807. The number of benzene rings is 1. The molecule has 0 aliphatic carbocycles. The van der Waals surface area contributed by atoms with Gasteiger partial charge in [-0.05, 0) is 29.3 Å². The van der Waals surface area contributed by atoms with E-state index in [0.717, 1.165) is 11.3 Å². The average molecular weight is 291 g/mol. The maximum absolute atomic E-state index is 11.7. The van der Waals surface area contributed by atoms with Gasteiger partial charge in [-0.1, -0.05) is 12.1 Å². The number of nitrogens with zero attached hydrogens (tertiary/aromatic N) is 3. The van der Waals surface area contributed by atoms with E-state index in [0.29, 0.717) is 12.1 Å². The van der Waals surface area contributed by atoms with Gasteiger partial charge in [0.05, 0.1) is 19.9 Å². The molecule has 3 rings (SSSR count).